The molecule has 1 amide bonds. The van der Waals surface area contributed by atoms with Gasteiger partial charge in [-0.25, -0.2) is 0 Å². The molecule has 0 spiro atoms. The molecule has 1 atom stereocenters. The van der Waals surface area contributed by atoms with Gasteiger partial charge >= 0.3 is 0 Å². The van der Waals surface area contributed by atoms with Crippen molar-refractivity contribution in [2.24, 2.45) is 11.8 Å². The van der Waals surface area contributed by atoms with Crippen LogP contribution in [0.15, 0.2) is 0 Å². The van der Waals surface area contributed by atoms with Crippen LogP contribution in [0.1, 0.15) is 52.9 Å². The van der Waals surface area contributed by atoms with Crippen molar-refractivity contribution in [3.8, 4) is 0 Å². The van der Waals surface area contributed by atoms with Crippen molar-refractivity contribution < 1.29 is 14.3 Å². The largest absolute Gasteiger partial charge is 0.382 e. The Morgan fingerprint density at radius 1 is 1.00 bits per heavy atom. The van der Waals surface area contributed by atoms with Crippen molar-refractivity contribution in [2.45, 2.75) is 52.9 Å². The van der Waals surface area contributed by atoms with E-state index in [0.29, 0.717) is 26.2 Å². The van der Waals surface area contributed by atoms with Crippen LogP contribution >= 0.6 is 0 Å². The highest BCUT2D eigenvalue weighted by Gasteiger charge is 2.33. The number of carbonyl (C=O) groups is 1. The van der Waals surface area contributed by atoms with Gasteiger partial charge in [0.1, 0.15) is 0 Å². The molecule has 2 heterocycles. The molecule has 0 N–H and O–H groups in total. The normalized spacial score (nSPS) is 21.9. The number of ether oxygens (including phenoxy) is 2. The summed E-state index contributed by atoms with van der Waals surface area (Å²) in [5.74, 6) is 1.80. The summed E-state index contributed by atoms with van der Waals surface area (Å²) in [5.41, 5.74) is 0. The van der Waals surface area contributed by atoms with Crippen LogP contribution in [0.2, 0.25) is 0 Å². The maximum Gasteiger partial charge on any atom is 0.224 e. The first-order chi connectivity index (χ1) is 12.2. The van der Waals surface area contributed by atoms with E-state index in [4.69, 9.17) is 9.47 Å². The Labute approximate surface area is 155 Å². The predicted molar refractivity (Wildman–Crippen MR) is 103 cm³/mol. The van der Waals surface area contributed by atoms with Crippen LogP contribution in [-0.2, 0) is 14.3 Å². The molecule has 0 bridgehead atoms. The Balaban J connectivity index is 0.00000151. The third-order valence-electron chi connectivity index (χ3n) is 5.31. The van der Waals surface area contributed by atoms with Crippen LogP contribution in [0.3, 0.4) is 0 Å². The van der Waals surface area contributed by atoms with Gasteiger partial charge in [-0.1, -0.05) is 20.8 Å². The molecule has 0 aromatic rings. The van der Waals surface area contributed by atoms with E-state index in [-0.39, 0.29) is 5.91 Å². The van der Waals surface area contributed by atoms with Crippen LogP contribution in [-0.4, -0.2) is 75.4 Å². The fourth-order valence-electron chi connectivity index (χ4n) is 3.92. The van der Waals surface area contributed by atoms with E-state index in [1.807, 2.05) is 13.8 Å². The summed E-state index contributed by atoms with van der Waals surface area (Å²) >= 11 is 0. The van der Waals surface area contributed by atoms with Crippen LogP contribution in [0.25, 0.3) is 0 Å². The standard InChI is InChI=1S/C18H34N2O3.C2H6/c1-3-8-19-9-4-16(5-10-19)17-6-11-20(15-17)18(21)7-12-23-14-13-22-2;1-2/h16-17H,3-15H2,1-2H3;1-2H3. The number of likely N-dealkylation sites (tertiary alicyclic amines) is 2. The summed E-state index contributed by atoms with van der Waals surface area (Å²) in [6, 6.07) is 0. The number of hydrogen-bond donors (Lipinski definition) is 0. The molecule has 1 unspecified atom stereocenters. The third-order valence-corrected chi connectivity index (χ3v) is 5.31. The molecule has 0 aliphatic carbocycles. The van der Waals surface area contributed by atoms with E-state index in [1.165, 1.54) is 45.3 Å². The molecule has 0 aromatic carbocycles. The Morgan fingerprint density at radius 2 is 1.68 bits per heavy atom. The van der Waals surface area contributed by atoms with Crippen molar-refractivity contribution in [1.82, 2.24) is 9.80 Å². The maximum atomic E-state index is 12.3. The van der Waals surface area contributed by atoms with E-state index in [2.05, 4.69) is 16.7 Å². The number of nitrogens with zero attached hydrogens (tertiary/aromatic N) is 2. The van der Waals surface area contributed by atoms with Gasteiger partial charge in [-0.3, -0.25) is 4.79 Å². The third kappa shape index (κ3) is 8.06. The van der Waals surface area contributed by atoms with Crippen LogP contribution < -0.4 is 0 Å². The van der Waals surface area contributed by atoms with Crippen LogP contribution in [0.5, 0.6) is 0 Å². The molecule has 25 heavy (non-hydrogen) atoms. The summed E-state index contributed by atoms with van der Waals surface area (Å²) in [6.45, 7) is 13.6. The molecule has 5 nitrogen and oxygen atoms in total. The lowest BCUT2D eigenvalue weighted by Gasteiger charge is -2.34. The van der Waals surface area contributed by atoms with E-state index in [1.54, 1.807) is 7.11 Å². The van der Waals surface area contributed by atoms with Crippen molar-refractivity contribution in [3.63, 3.8) is 0 Å². The molecule has 5 heteroatoms. The van der Waals surface area contributed by atoms with Gasteiger partial charge in [-0.2, -0.15) is 0 Å². The molecular weight excluding hydrogens is 316 g/mol. The quantitative estimate of drug-likeness (QED) is 0.596. The van der Waals surface area contributed by atoms with Gasteiger partial charge < -0.3 is 19.3 Å². The summed E-state index contributed by atoms with van der Waals surface area (Å²) < 4.78 is 10.3. The molecule has 148 valence electrons. The average Bonchev–Trinajstić information content (AvgIpc) is 3.14. The van der Waals surface area contributed by atoms with Gasteiger partial charge in [-0.15, -0.1) is 0 Å². The highest BCUT2D eigenvalue weighted by Crippen LogP contribution is 2.32. The Morgan fingerprint density at radius 3 is 2.32 bits per heavy atom. The van der Waals surface area contributed by atoms with Gasteiger partial charge in [0.2, 0.25) is 5.91 Å². The zero-order chi connectivity index (χ0) is 18.5. The lowest BCUT2D eigenvalue weighted by atomic mass is 9.84. The fraction of sp³-hybridized carbons (Fsp3) is 0.950. The van der Waals surface area contributed by atoms with E-state index in [0.717, 1.165) is 24.9 Å². The number of piperidine rings is 1. The highest BCUT2D eigenvalue weighted by atomic mass is 16.5. The first-order valence-electron chi connectivity index (χ1n) is 10.3. The van der Waals surface area contributed by atoms with E-state index < -0.39 is 0 Å². The predicted octanol–water partition coefficient (Wildman–Crippen LogP) is 3.04. The SMILES string of the molecule is CC.CCCN1CCC(C2CCN(C(=O)CCOCCOC)C2)CC1. The van der Waals surface area contributed by atoms with Crippen molar-refractivity contribution in [2.75, 3.05) is 59.7 Å². The average molecular weight is 357 g/mol. The molecule has 2 fully saturated rings. The number of hydrogen-bond acceptors (Lipinski definition) is 4. The second-order valence-electron chi connectivity index (χ2n) is 6.92. The number of amides is 1. The fourth-order valence-corrected chi connectivity index (χ4v) is 3.92. The van der Waals surface area contributed by atoms with Crippen molar-refractivity contribution in [3.05, 3.63) is 0 Å². The van der Waals surface area contributed by atoms with Gasteiger partial charge in [0.15, 0.2) is 0 Å². The smallest absolute Gasteiger partial charge is 0.224 e. The first kappa shape index (κ1) is 22.4. The summed E-state index contributed by atoms with van der Waals surface area (Å²) in [5, 5.41) is 0. The zero-order valence-corrected chi connectivity index (χ0v) is 17.0. The van der Waals surface area contributed by atoms with Crippen molar-refractivity contribution >= 4 is 5.91 Å². The molecule has 2 aliphatic rings. The van der Waals surface area contributed by atoms with Gasteiger partial charge in [0.05, 0.1) is 26.2 Å². The highest BCUT2D eigenvalue weighted by molar-refractivity contribution is 5.76. The monoisotopic (exact) mass is 356 g/mol. The molecule has 2 aliphatic heterocycles. The summed E-state index contributed by atoms with van der Waals surface area (Å²) in [7, 11) is 1.66. The zero-order valence-electron chi connectivity index (χ0n) is 17.0. The summed E-state index contributed by atoms with van der Waals surface area (Å²) in [6.07, 6.45) is 5.57. The summed E-state index contributed by atoms with van der Waals surface area (Å²) in [4.78, 5) is 16.9. The minimum atomic E-state index is 0.258. The topological polar surface area (TPSA) is 42.0 Å². The molecule has 0 radical (unpaired) electrons. The molecular formula is C20H40N2O3. The van der Waals surface area contributed by atoms with E-state index in [9.17, 15) is 4.79 Å². The van der Waals surface area contributed by atoms with Gasteiger partial charge in [0.25, 0.3) is 0 Å². The molecule has 0 saturated carbocycles. The molecule has 2 rings (SSSR count). The van der Waals surface area contributed by atoms with E-state index >= 15 is 0 Å². The second kappa shape index (κ2) is 13.5. The Bertz CT molecular complexity index is 344. The van der Waals surface area contributed by atoms with Gasteiger partial charge in [-0.05, 0) is 57.2 Å². The maximum absolute atomic E-state index is 12.3. The number of rotatable bonds is 9. The number of methoxy groups -OCH3 is 1. The minimum absolute atomic E-state index is 0.258. The Hall–Kier alpha value is -0.650. The van der Waals surface area contributed by atoms with Crippen LogP contribution in [0, 0.1) is 11.8 Å². The first-order valence-corrected chi connectivity index (χ1v) is 10.3. The minimum Gasteiger partial charge on any atom is -0.382 e. The number of carbonyl (C=O) groups excluding carboxylic acids is 1. The Kier molecular flexibility index (Phi) is 12.1. The second-order valence-corrected chi connectivity index (χ2v) is 6.92. The lowest BCUT2D eigenvalue weighted by Crippen LogP contribution is -2.37. The van der Waals surface area contributed by atoms with Gasteiger partial charge in [0, 0.05) is 20.2 Å². The van der Waals surface area contributed by atoms with Crippen molar-refractivity contribution in [1.29, 1.82) is 0 Å². The lowest BCUT2D eigenvalue weighted by molar-refractivity contribution is -0.131. The molecule has 0 aromatic heterocycles. The molecule has 2 saturated heterocycles. The van der Waals surface area contributed by atoms with Crippen LogP contribution in [0.4, 0.5) is 0 Å².